The molecule has 0 atom stereocenters. The lowest BCUT2D eigenvalue weighted by molar-refractivity contribution is 0.588. The van der Waals surface area contributed by atoms with E-state index in [4.69, 9.17) is 0 Å². The number of benzene rings is 1. The van der Waals surface area contributed by atoms with Crippen LogP contribution in [-0.4, -0.2) is 15.5 Å². The molecule has 1 aromatic carbocycles. The van der Waals surface area contributed by atoms with Gasteiger partial charge in [0.15, 0.2) is 0 Å². The van der Waals surface area contributed by atoms with E-state index in [-0.39, 0.29) is 4.90 Å². The average Bonchev–Trinajstić information content (AvgIpc) is 2.90. The van der Waals surface area contributed by atoms with E-state index in [1.807, 2.05) is 23.6 Å². The lowest BCUT2D eigenvalue weighted by Crippen LogP contribution is -2.18. The molecule has 0 radical (unpaired) electrons. The van der Waals surface area contributed by atoms with Crippen molar-refractivity contribution < 1.29 is 8.42 Å². The van der Waals surface area contributed by atoms with Gasteiger partial charge in [0.1, 0.15) is 0 Å². The van der Waals surface area contributed by atoms with E-state index in [9.17, 15) is 8.42 Å². The highest BCUT2D eigenvalue weighted by atomic mass is 32.2. The number of hydrogen-bond acceptors (Lipinski definition) is 4. The van der Waals surface area contributed by atoms with Crippen molar-refractivity contribution in [2.45, 2.75) is 11.4 Å². The molecule has 1 heterocycles. The average molecular weight is 282 g/mol. The standard InChI is InChI=1S/C12H14N2O2S2/c1-13-18(15,16)12-6-2-4-10(8-12)14-9-11-5-3-7-17-11/h2-8,13-14H,9H2,1H3. The largest absolute Gasteiger partial charge is 0.380 e. The minimum atomic E-state index is -3.38. The smallest absolute Gasteiger partial charge is 0.240 e. The third-order valence-corrected chi connectivity index (χ3v) is 4.75. The predicted octanol–water partition coefficient (Wildman–Crippen LogP) is 2.27. The number of rotatable bonds is 5. The van der Waals surface area contributed by atoms with Crippen molar-refractivity contribution in [1.29, 1.82) is 0 Å². The summed E-state index contributed by atoms with van der Waals surface area (Å²) in [6, 6.07) is 10.8. The lowest BCUT2D eigenvalue weighted by atomic mass is 10.3. The molecule has 0 fully saturated rings. The van der Waals surface area contributed by atoms with Gasteiger partial charge in [-0.25, -0.2) is 13.1 Å². The van der Waals surface area contributed by atoms with Gasteiger partial charge in [0.25, 0.3) is 0 Å². The van der Waals surface area contributed by atoms with Crippen molar-refractivity contribution in [2.24, 2.45) is 0 Å². The highest BCUT2D eigenvalue weighted by Crippen LogP contribution is 2.17. The number of hydrogen-bond donors (Lipinski definition) is 2. The fourth-order valence-electron chi connectivity index (χ4n) is 1.49. The van der Waals surface area contributed by atoms with Crippen LogP contribution in [0.2, 0.25) is 0 Å². The summed E-state index contributed by atoms with van der Waals surface area (Å²) in [5.41, 5.74) is 0.791. The van der Waals surface area contributed by atoms with Crippen LogP contribution in [0.4, 0.5) is 5.69 Å². The summed E-state index contributed by atoms with van der Waals surface area (Å²) in [6.45, 7) is 0.695. The summed E-state index contributed by atoms with van der Waals surface area (Å²) < 4.78 is 25.6. The number of thiophene rings is 1. The molecule has 2 N–H and O–H groups in total. The van der Waals surface area contributed by atoms with Crippen LogP contribution in [0.15, 0.2) is 46.7 Å². The molecule has 0 aliphatic heterocycles. The molecule has 0 aliphatic carbocycles. The topological polar surface area (TPSA) is 58.2 Å². The molecule has 2 rings (SSSR count). The first-order valence-electron chi connectivity index (χ1n) is 5.42. The Kier molecular flexibility index (Phi) is 4.00. The zero-order valence-corrected chi connectivity index (χ0v) is 11.5. The molecule has 0 bridgehead atoms. The van der Waals surface area contributed by atoms with Gasteiger partial charge >= 0.3 is 0 Å². The molecular weight excluding hydrogens is 268 g/mol. The van der Waals surface area contributed by atoms with Gasteiger partial charge in [-0.05, 0) is 36.7 Å². The lowest BCUT2D eigenvalue weighted by Gasteiger charge is -2.07. The zero-order chi connectivity index (χ0) is 13.0. The summed E-state index contributed by atoms with van der Waals surface area (Å²) >= 11 is 1.66. The van der Waals surface area contributed by atoms with Crippen LogP contribution >= 0.6 is 11.3 Å². The molecule has 96 valence electrons. The van der Waals surface area contributed by atoms with Crippen molar-refractivity contribution >= 4 is 27.0 Å². The molecule has 4 nitrogen and oxygen atoms in total. The van der Waals surface area contributed by atoms with Gasteiger partial charge in [0.05, 0.1) is 4.90 Å². The maximum atomic E-state index is 11.6. The Morgan fingerprint density at radius 2 is 2.06 bits per heavy atom. The van der Waals surface area contributed by atoms with Gasteiger partial charge in [-0.3, -0.25) is 0 Å². The Morgan fingerprint density at radius 1 is 1.22 bits per heavy atom. The fourth-order valence-corrected chi connectivity index (χ4v) is 2.91. The molecule has 0 aliphatic rings. The first-order valence-corrected chi connectivity index (χ1v) is 7.78. The van der Waals surface area contributed by atoms with Gasteiger partial charge in [-0.1, -0.05) is 12.1 Å². The van der Waals surface area contributed by atoms with Crippen molar-refractivity contribution in [3.05, 3.63) is 46.7 Å². The fraction of sp³-hybridized carbons (Fsp3) is 0.167. The monoisotopic (exact) mass is 282 g/mol. The summed E-state index contributed by atoms with van der Waals surface area (Å²) in [7, 11) is -1.98. The van der Waals surface area contributed by atoms with Crippen LogP contribution in [0.25, 0.3) is 0 Å². The van der Waals surface area contributed by atoms with Crippen LogP contribution < -0.4 is 10.0 Å². The summed E-state index contributed by atoms with van der Waals surface area (Å²) in [6.07, 6.45) is 0. The highest BCUT2D eigenvalue weighted by molar-refractivity contribution is 7.89. The van der Waals surface area contributed by atoms with E-state index < -0.39 is 10.0 Å². The van der Waals surface area contributed by atoms with Crippen LogP contribution in [-0.2, 0) is 16.6 Å². The Labute approximate surface area is 111 Å². The molecule has 0 spiro atoms. The number of sulfonamides is 1. The van der Waals surface area contributed by atoms with Gasteiger partial charge < -0.3 is 5.32 Å². The zero-order valence-electron chi connectivity index (χ0n) is 9.88. The van der Waals surface area contributed by atoms with Crippen LogP contribution in [0.1, 0.15) is 4.88 Å². The maximum Gasteiger partial charge on any atom is 0.240 e. The third kappa shape index (κ3) is 3.10. The molecule has 2 aromatic rings. The molecular formula is C12H14N2O2S2. The quantitative estimate of drug-likeness (QED) is 0.884. The Morgan fingerprint density at radius 3 is 2.72 bits per heavy atom. The Hall–Kier alpha value is -1.37. The van der Waals surface area contributed by atoms with E-state index in [0.29, 0.717) is 6.54 Å². The second kappa shape index (κ2) is 5.51. The van der Waals surface area contributed by atoms with Crippen molar-refractivity contribution in [3.63, 3.8) is 0 Å². The van der Waals surface area contributed by atoms with Gasteiger partial charge in [-0.15, -0.1) is 11.3 Å². The number of nitrogens with one attached hydrogen (secondary N) is 2. The Balaban J connectivity index is 2.13. The molecule has 0 amide bonds. The molecule has 18 heavy (non-hydrogen) atoms. The second-order valence-electron chi connectivity index (χ2n) is 3.67. The van der Waals surface area contributed by atoms with Crippen molar-refractivity contribution in [3.8, 4) is 0 Å². The Bertz CT molecular complexity index is 607. The SMILES string of the molecule is CNS(=O)(=O)c1cccc(NCc2cccs2)c1. The van der Waals surface area contributed by atoms with Crippen molar-refractivity contribution in [1.82, 2.24) is 4.72 Å². The van der Waals surface area contributed by atoms with E-state index in [1.54, 1.807) is 29.5 Å². The minimum Gasteiger partial charge on any atom is -0.380 e. The molecule has 1 aromatic heterocycles. The second-order valence-corrected chi connectivity index (χ2v) is 6.59. The normalized spacial score (nSPS) is 11.4. The number of anilines is 1. The van der Waals surface area contributed by atoms with Gasteiger partial charge in [0.2, 0.25) is 10.0 Å². The van der Waals surface area contributed by atoms with E-state index in [1.165, 1.54) is 11.9 Å². The van der Waals surface area contributed by atoms with Crippen LogP contribution in [0.5, 0.6) is 0 Å². The van der Waals surface area contributed by atoms with Crippen LogP contribution in [0.3, 0.4) is 0 Å². The maximum absolute atomic E-state index is 11.6. The van der Waals surface area contributed by atoms with E-state index in [0.717, 1.165) is 5.69 Å². The molecule has 6 heteroatoms. The van der Waals surface area contributed by atoms with Gasteiger partial charge in [0, 0.05) is 17.1 Å². The van der Waals surface area contributed by atoms with Crippen LogP contribution in [0, 0.1) is 0 Å². The first kappa shape index (κ1) is 13.1. The minimum absolute atomic E-state index is 0.265. The first-order chi connectivity index (χ1) is 8.62. The van der Waals surface area contributed by atoms with E-state index >= 15 is 0 Å². The summed E-state index contributed by atoms with van der Waals surface area (Å²) in [4.78, 5) is 1.47. The summed E-state index contributed by atoms with van der Waals surface area (Å²) in [5, 5.41) is 5.21. The third-order valence-electron chi connectivity index (χ3n) is 2.46. The molecule has 0 saturated carbocycles. The van der Waals surface area contributed by atoms with Crippen molar-refractivity contribution in [2.75, 3.05) is 12.4 Å². The molecule has 0 unspecified atom stereocenters. The predicted molar refractivity (Wildman–Crippen MR) is 74.3 cm³/mol. The highest BCUT2D eigenvalue weighted by Gasteiger charge is 2.11. The summed E-state index contributed by atoms with van der Waals surface area (Å²) in [5.74, 6) is 0. The van der Waals surface area contributed by atoms with Gasteiger partial charge in [-0.2, -0.15) is 0 Å². The van der Waals surface area contributed by atoms with E-state index in [2.05, 4.69) is 10.0 Å². The molecule has 0 saturated heterocycles.